The monoisotopic (exact) mass is 301 g/mol. The molecule has 1 aromatic carbocycles. The number of nitrogens with zero attached hydrogens (tertiary/aromatic N) is 1. The molecule has 1 aromatic heterocycles. The van der Waals surface area contributed by atoms with Gasteiger partial charge < -0.3 is 14.4 Å². The first-order valence-electron chi connectivity index (χ1n) is 7.12. The number of carbonyl (C=O) groups is 1. The maximum absolute atomic E-state index is 12.2. The summed E-state index contributed by atoms with van der Waals surface area (Å²) in [4.78, 5) is 23.4. The molecule has 0 bridgehead atoms. The average Bonchev–Trinajstić information content (AvgIpc) is 2.46. The molecular formula is C17H19NO4. The van der Waals surface area contributed by atoms with Crippen LogP contribution in [-0.4, -0.2) is 22.2 Å². The minimum Gasteiger partial charge on any atom is -0.491 e. The second-order valence-electron chi connectivity index (χ2n) is 5.28. The van der Waals surface area contributed by atoms with Crippen LogP contribution in [0.1, 0.15) is 30.6 Å². The molecule has 1 heterocycles. The van der Waals surface area contributed by atoms with E-state index in [0.717, 1.165) is 12.0 Å². The van der Waals surface area contributed by atoms with Gasteiger partial charge in [-0.1, -0.05) is 19.1 Å². The summed E-state index contributed by atoms with van der Waals surface area (Å²) in [6.07, 6.45) is 0.788. The first kappa shape index (κ1) is 15.8. The highest BCUT2D eigenvalue weighted by molar-refractivity contribution is 5.96. The van der Waals surface area contributed by atoms with Crippen LogP contribution >= 0.6 is 0 Å². The molecule has 116 valence electrons. The minimum absolute atomic E-state index is 0.138. The van der Waals surface area contributed by atoms with Crippen LogP contribution in [0.4, 0.5) is 0 Å². The maximum Gasteiger partial charge on any atom is 0.335 e. The molecule has 0 atom stereocenters. The number of benzene rings is 1. The first-order valence-corrected chi connectivity index (χ1v) is 7.12. The zero-order chi connectivity index (χ0) is 16.3. The summed E-state index contributed by atoms with van der Waals surface area (Å²) in [7, 11) is 0. The smallest absolute Gasteiger partial charge is 0.335 e. The third kappa shape index (κ3) is 3.19. The first-order chi connectivity index (χ1) is 10.4. The van der Waals surface area contributed by atoms with Gasteiger partial charge in [-0.2, -0.15) is 0 Å². The molecule has 0 amide bonds. The molecule has 2 aromatic rings. The van der Waals surface area contributed by atoms with Crippen molar-refractivity contribution in [2.45, 2.75) is 26.8 Å². The van der Waals surface area contributed by atoms with Gasteiger partial charge in [0.15, 0.2) is 0 Å². The fourth-order valence-corrected chi connectivity index (χ4v) is 2.28. The highest BCUT2D eigenvalue weighted by Crippen LogP contribution is 2.27. The Balaban J connectivity index is 2.77. The van der Waals surface area contributed by atoms with Crippen molar-refractivity contribution in [1.82, 2.24) is 4.57 Å². The fraction of sp³-hybridized carbons (Fsp3) is 0.294. The molecule has 0 saturated carbocycles. The van der Waals surface area contributed by atoms with E-state index in [1.165, 1.54) is 12.1 Å². The summed E-state index contributed by atoms with van der Waals surface area (Å²) in [6, 6.07) is 6.07. The molecule has 5 heteroatoms. The number of carboxylic acid groups (broad SMARTS) is 1. The van der Waals surface area contributed by atoms with Crippen molar-refractivity contribution in [3.63, 3.8) is 0 Å². The number of aromatic carboxylic acids is 1. The molecule has 0 fully saturated rings. The number of rotatable bonds is 6. The van der Waals surface area contributed by atoms with Crippen LogP contribution in [0.15, 0.2) is 41.2 Å². The summed E-state index contributed by atoms with van der Waals surface area (Å²) in [5, 5.41) is 9.88. The summed E-state index contributed by atoms with van der Waals surface area (Å²) < 4.78 is 7.25. The lowest BCUT2D eigenvalue weighted by molar-refractivity contribution is 0.0696. The van der Waals surface area contributed by atoms with Gasteiger partial charge >= 0.3 is 5.97 Å². The van der Waals surface area contributed by atoms with Gasteiger partial charge in [-0.3, -0.25) is 4.79 Å². The molecule has 2 rings (SSSR count). The number of hydrogen-bond acceptors (Lipinski definition) is 3. The van der Waals surface area contributed by atoms with Crippen molar-refractivity contribution < 1.29 is 14.6 Å². The van der Waals surface area contributed by atoms with E-state index >= 15 is 0 Å². The lowest BCUT2D eigenvalue weighted by atomic mass is 10.1. The van der Waals surface area contributed by atoms with E-state index in [1.807, 2.05) is 13.8 Å². The summed E-state index contributed by atoms with van der Waals surface area (Å²) in [5.74, 6) is -0.614. The summed E-state index contributed by atoms with van der Waals surface area (Å²) >= 11 is 0. The quantitative estimate of drug-likeness (QED) is 0.833. The highest BCUT2D eigenvalue weighted by Gasteiger charge is 2.14. The maximum atomic E-state index is 12.2. The van der Waals surface area contributed by atoms with Crippen LogP contribution in [-0.2, 0) is 6.54 Å². The van der Waals surface area contributed by atoms with Gasteiger partial charge in [0.05, 0.1) is 17.7 Å². The number of pyridine rings is 1. The van der Waals surface area contributed by atoms with Gasteiger partial charge in [0, 0.05) is 18.0 Å². The number of allylic oxidation sites excluding steroid dienone is 1. The molecule has 0 aliphatic carbocycles. The van der Waals surface area contributed by atoms with E-state index in [9.17, 15) is 14.7 Å². The predicted octanol–water partition coefficient (Wildman–Crippen LogP) is 3.06. The van der Waals surface area contributed by atoms with E-state index in [4.69, 9.17) is 4.74 Å². The Labute approximate surface area is 128 Å². The highest BCUT2D eigenvalue weighted by atomic mass is 16.5. The number of hydrogen-bond donors (Lipinski definition) is 1. The van der Waals surface area contributed by atoms with Gasteiger partial charge in [-0.15, -0.1) is 0 Å². The number of carboxylic acids is 1. The molecule has 0 aliphatic rings. The molecule has 0 unspecified atom stereocenters. The third-order valence-electron chi connectivity index (χ3n) is 3.18. The van der Waals surface area contributed by atoms with Crippen LogP contribution < -0.4 is 10.3 Å². The lowest BCUT2D eigenvalue weighted by Crippen LogP contribution is -2.20. The molecular weight excluding hydrogens is 282 g/mol. The Morgan fingerprint density at radius 3 is 2.68 bits per heavy atom. The van der Waals surface area contributed by atoms with E-state index in [1.54, 1.807) is 16.7 Å². The van der Waals surface area contributed by atoms with Crippen molar-refractivity contribution in [2.75, 3.05) is 6.61 Å². The third-order valence-corrected chi connectivity index (χ3v) is 3.18. The van der Waals surface area contributed by atoms with Gasteiger partial charge in [-0.25, -0.2) is 4.79 Å². The Kier molecular flexibility index (Phi) is 4.65. The van der Waals surface area contributed by atoms with Crippen LogP contribution in [0.2, 0.25) is 0 Å². The van der Waals surface area contributed by atoms with Crippen molar-refractivity contribution in [3.8, 4) is 5.75 Å². The van der Waals surface area contributed by atoms with E-state index < -0.39 is 5.97 Å². The molecule has 0 saturated heterocycles. The molecule has 1 N–H and O–H groups in total. The van der Waals surface area contributed by atoms with Crippen LogP contribution in [0, 0.1) is 0 Å². The van der Waals surface area contributed by atoms with Crippen molar-refractivity contribution in [1.29, 1.82) is 0 Å². The van der Waals surface area contributed by atoms with Crippen molar-refractivity contribution in [3.05, 3.63) is 52.3 Å². The van der Waals surface area contributed by atoms with Crippen molar-refractivity contribution in [2.24, 2.45) is 0 Å². The number of aromatic nitrogens is 1. The molecule has 5 nitrogen and oxygen atoms in total. The van der Waals surface area contributed by atoms with Gasteiger partial charge in [0.1, 0.15) is 5.75 Å². The van der Waals surface area contributed by atoms with E-state index in [2.05, 4.69) is 6.58 Å². The fourth-order valence-electron chi connectivity index (χ4n) is 2.28. The van der Waals surface area contributed by atoms with Crippen LogP contribution in [0.3, 0.4) is 0 Å². The van der Waals surface area contributed by atoms with Crippen LogP contribution in [0.25, 0.3) is 10.9 Å². The topological polar surface area (TPSA) is 68.5 Å². The molecule has 0 aliphatic heterocycles. The largest absolute Gasteiger partial charge is 0.491 e. The second-order valence-corrected chi connectivity index (χ2v) is 5.28. The van der Waals surface area contributed by atoms with Gasteiger partial charge in [0.2, 0.25) is 0 Å². The van der Waals surface area contributed by atoms with Gasteiger partial charge in [0.25, 0.3) is 5.56 Å². The Hall–Kier alpha value is -2.56. The SMILES string of the molecule is C=C(C)Cn1c(=O)ccc2cc(C(=O)O)cc(OCCC)c21. The zero-order valence-corrected chi connectivity index (χ0v) is 12.8. The Morgan fingerprint density at radius 1 is 1.36 bits per heavy atom. The molecule has 0 spiro atoms. The Bertz CT molecular complexity index is 789. The second kappa shape index (κ2) is 6.47. The normalized spacial score (nSPS) is 10.6. The van der Waals surface area contributed by atoms with Crippen LogP contribution in [0.5, 0.6) is 5.75 Å². The zero-order valence-electron chi connectivity index (χ0n) is 12.8. The number of ether oxygens (including phenoxy) is 1. The average molecular weight is 301 g/mol. The van der Waals surface area contributed by atoms with Gasteiger partial charge in [-0.05, 0) is 31.5 Å². The van der Waals surface area contributed by atoms with E-state index in [0.29, 0.717) is 29.8 Å². The lowest BCUT2D eigenvalue weighted by Gasteiger charge is -2.15. The standard InChI is InChI=1S/C17H19NO4/c1-4-7-22-14-9-13(17(20)21)8-12-5-6-15(19)18(16(12)14)10-11(2)3/h5-6,8-9H,2,4,7,10H2,1,3H3,(H,20,21). The Morgan fingerprint density at radius 2 is 2.09 bits per heavy atom. The minimum atomic E-state index is -1.03. The number of fused-ring (bicyclic) bond motifs is 1. The molecule has 0 radical (unpaired) electrons. The summed E-state index contributed by atoms with van der Waals surface area (Å²) in [6.45, 7) is 8.46. The van der Waals surface area contributed by atoms with Crippen molar-refractivity contribution >= 4 is 16.9 Å². The van der Waals surface area contributed by atoms with E-state index in [-0.39, 0.29) is 11.1 Å². The summed E-state index contributed by atoms with van der Waals surface area (Å²) in [5.41, 5.74) is 1.41. The predicted molar refractivity (Wildman–Crippen MR) is 85.8 cm³/mol. The molecule has 22 heavy (non-hydrogen) atoms.